The number of aromatic amines is 1. The van der Waals surface area contributed by atoms with E-state index in [-0.39, 0.29) is 5.91 Å². The number of nitrogens with zero attached hydrogens (tertiary/aromatic N) is 1. The molecule has 0 saturated carbocycles. The number of hydrogen-bond acceptors (Lipinski definition) is 2. The van der Waals surface area contributed by atoms with Gasteiger partial charge in [-0.05, 0) is 18.9 Å². The molecule has 0 fully saturated rings. The van der Waals surface area contributed by atoms with Gasteiger partial charge in [0.2, 0.25) is 0 Å². The van der Waals surface area contributed by atoms with Crippen LogP contribution in [0.15, 0.2) is 35.6 Å². The van der Waals surface area contributed by atoms with E-state index in [9.17, 15) is 4.79 Å². The highest BCUT2D eigenvalue weighted by Crippen LogP contribution is 2.17. The lowest BCUT2D eigenvalue weighted by Crippen LogP contribution is -2.19. The average Bonchev–Trinajstić information content (AvgIpc) is 2.89. The van der Waals surface area contributed by atoms with Gasteiger partial charge in [-0.1, -0.05) is 44.9 Å². The zero-order valence-corrected chi connectivity index (χ0v) is 12.1. The third-order valence-corrected chi connectivity index (χ3v) is 3.23. The molecule has 2 N–H and O–H groups in total. The molecule has 1 amide bonds. The summed E-state index contributed by atoms with van der Waals surface area (Å²) in [5.41, 5.74) is 5.33. The summed E-state index contributed by atoms with van der Waals surface area (Å²) in [6.45, 7) is 4.24. The Morgan fingerprint density at radius 1 is 1.20 bits per heavy atom. The normalized spacial score (nSPS) is 10.5. The van der Waals surface area contributed by atoms with Crippen molar-refractivity contribution in [1.82, 2.24) is 10.4 Å². The number of fused-ring (bicyclic) bond motifs is 1. The van der Waals surface area contributed by atoms with Crippen LogP contribution in [0.1, 0.15) is 49.9 Å². The number of hydrazone groups is 1. The van der Waals surface area contributed by atoms with Gasteiger partial charge in [0.1, 0.15) is 0 Å². The van der Waals surface area contributed by atoms with Crippen molar-refractivity contribution in [2.24, 2.45) is 5.10 Å². The second-order valence-electron chi connectivity index (χ2n) is 4.87. The van der Waals surface area contributed by atoms with Gasteiger partial charge in [-0.3, -0.25) is 4.79 Å². The lowest BCUT2D eigenvalue weighted by atomic mass is 10.1. The average molecular weight is 271 g/mol. The Bertz CT molecular complexity index is 605. The number of benzene rings is 1. The maximum atomic E-state index is 12.2. The number of hydrogen-bond donors (Lipinski definition) is 2. The SMILES string of the molecule is CCCC(CCC)=NNC(=O)c1c[nH]c2ccccc12. The molecule has 4 heteroatoms. The summed E-state index contributed by atoms with van der Waals surface area (Å²) in [6, 6.07) is 7.76. The Labute approximate surface area is 119 Å². The molecule has 0 unspecified atom stereocenters. The van der Waals surface area contributed by atoms with Gasteiger partial charge in [-0.25, -0.2) is 5.43 Å². The fourth-order valence-electron chi connectivity index (χ4n) is 2.26. The van der Waals surface area contributed by atoms with E-state index < -0.39 is 0 Å². The van der Waals surface area contributed by atoms with E-state index in [0.717, 1.165) is 42.3 Å². The number of carbonyl (C=O) groups excluding carboxylic acids is 1. The van der Waals surface area contributed by atoms with Crippen LogP contribution in [-0.2, 0) is 0 Å². The number of nitrogens with one attached hydrogen (secondary N) is 2. The van der Waals surface area contributed by atoms with Crippen LogP contribution >= 0.6 is 0 Å². The van der Waals surface area contributed by atoms with Crippen molar-refractivity contribution < 1.29 is 4.79 Å². The molecule has 2 rings (SSSR count). The molecule has 20 heavy (non-hydrogen) atoms. The summed E-state index contributed by atoms with van der Waals surface area (Å²) < 4.78 is 0. The highest BCUT2D eigenvalue weighted by atomic mass is 16.2. The van der Waals surface area contributed by atoms with Gasteiger partial charge in [0.05, 0.1) is 5.56 Å². The monoisotopic (exact) mass is 271 g/mol. The maximum Gasteiger partial charge on any atom is 0.273 e. The van der Waals surface area contributed by atoms with Crippen molar-refractivity contribution in [2.75, 3.05) is 0 Å². The number of aromatic nitrogens is 1. The lowest BCUT2D eigenvalue weighted by molar-refractivity contribution is 0.0956. The lowest BCUT2D eigenvalue weighted by Gasteiger charge is -2.04. The minimum atomic E-state index is -0.160. The van der Waals surface area contributed by atoms with E-state index >= 15 is 0 Å². The van der Waals surface area contributed by atoms with E-state index in [2.05, 4.69) is 29.4 Å². The molecule has 1 aromatic carbocycles. The molecule has 0 radical (unpaired) electrons. The first-order chi connectivity index (χ1) is 9.76. The molecule has 1 aromatic heterocycles. The summed E-state index contributed by atoms with van der Waals surface area (Å²) in [5, 5.41) is 5.19. The maximum absolute atomic E-state index is 12.2. The van der Waals surface area contributed by atoms with Crippen molar-refractivity contribution in [2.45, 2.75) is 39.5 Å². The molecule has 0 aliphatic heterocycles. The molecule has 0 bridgehead atoms. The van der Waals surface area contributed by atoms with Gasteiger partial charge < -0.3 is 4.98 Å². The first-order valence-electron chi connectivity index (χ1n) is 7.18. The molecule has 1 heterocycles. The summed E-state index contributed by atoms with van der Waals surface area (Å²) in [4.78, 5) is 15.3. The Morgan fingerprint density at radius 3 is 2.60 bits per heavy atom. The van der Waals surface area contributed by atoms with Crippen molar-refractivity contribution >= 4 is 22.5 Å². The predicted octanol–water partition coefficient (Wildman–Crippen LogP) is 3.85. The van der Waals surface area contributed by atoms with Crippen LogP contribution in [0.25, 0.3) is 10.9 Å². The van der Waals surface area contributed by atoms with Crippen LogP contribution in [0.3, 0.4) is 0 Å². The third kappa shape index (κ3) is 3.26. The number of carbonyl (C=O) groups is 1. The second-order valence-corrected chi connectivity index (χ2v) is 4.87. The van der Waals surface area contributed by atoms with Crippen molar-refractivity contribution in [3.8, 4) is 0 Å². The third-order valence-electron chi connectivity index (χ3n) is 3.23. The molecule has 0 atom stereocenters. The molecular formula is C16H21N3O. The van der Waals surface area contributed by atoms with Crippen LogP contribution in [-0.4, -0.2) is 16.6 Å². The van der Waals surface area contributed by atoms with Gasteiger partial charge in [0, 0.05) is 22.8 Å². The minimum Gasteiger partial charge on any atom is -0.360 e. The topological polar surface area (TPSA) is 57.2 Å². The van der Waals surface area contributed by atoms with Gasteiger partial charge in [0.15, 0.2) is 0 Å². The van der Waals surface area contributed by atoms with Crippen molar-refractivity contribution in [3.05, 3.63) is 36.0 Å². The summed E-state index contributed by atoms with van der Waals surface area (Å²) in [7, 11) is 0. The molecule has 0 spiro atoms. The zero-order valence-electron chi connectivity index (χ0n) is 12.1. The molecule has 0 aliphatic rings. The van der Waals surface area contributed by atoms with Gasteiger partial charge in [-0.2, -0.15) is 5.10 Å². The first kappa shape index (κ1) is 14.3. The fraction of sp³-hybridized carbons (Fsp3) is 0.375. The van der Waals surface area contributed by atoms with Gasteiger partial charge in [-0.15, -0.1) is 0 Å². The first-order valence-corrected chi connectivity index (χ1v) is 7.18. The minimum absolute atomic E-state index is 0.160. The van der Waals surface area contributed by atoms with Crippen LogP contribution < -0.4 is 5.43 Å². The van der Waals surface area contributed by atoms with E-state index in [4.69, 9.17) is 0 Å². The van der Waals surface area contributed by atoms with E-state index in [1.54, 1.807) is 6.20 Å². The standard InChI is InChI=1S/C16H21N3O/c1-3-7-12(8-4-2)18-19-16(20)14-11-17-15-10-6-5-9-13(14)15/h5-6,9-11,17H,3-4,7-8H2,1-2H3,(H,19,20). The summed E-state index contributed by atoms with van der Waals surface area (Å²) in [6.07, 6.45) is 5.68. The molecule has 0 aliphatic carbocycles. The van der Waals surface area contributed by atoms with Crippen molar-refractivity contribution in [1.29, 1.82) is 0 Å². The smallest absolute Gasteiger partial charge is 0.273 e. The van der Waals surface area contributed by atoms with E-state index in [1.807, 2.05) is 24.3 Å². The highest BCUT2D eigenvalue weighted by molar-refractivity contribution is 6.06. The Kier molecular flexibility index (Phi) is 4.93. The Hall–Kier alpha value is -2.10. The molecule has 0 saturated heterocycles. The zero-order chi connectivity index (χ0) is 14.4. The second kappa shape index (κ2) is 6.89. The largest absolute Gasteiger partial charge is 0.360 e. The molecule has 4 nitrogen and oxygen atoms in total. The molecule has 106 valence electrons. The van der Waals surface area contributed by atoms with Crippen LogP contribution in [0.5, 0.6) is 0 Å². The highest BCUT2D eigenvalue weighted by Gasteiger charge is 2.11. The quantitative estimate of drug-likeness (QED) is 0.608. The number of H-pyrrole nitrogens is 1. The Morgan fingerprint density at radius 2 is 1.90 bits per heavy atom. The summed E-state index contributed by atoms with van der Waals surface area (Å²) >= 11 is 0. The van der Waals surface area contributed by atoms with Gasteiger partial charge >= 0.3 is 0 Å². The van der Waals surface area contributed by atoms with Crippen LogP contribution in [0, 0.1) is 0 Å². The van der Waals surface area contributed by atoms with Gasteiger partial charge in [0.25, 0.3) is 5.91 Å². The summed E-state index contributed by atoms with van der Waals surface area (Å²) in [5.74, 6) is -0.160. The fourth-order valence-corrected chi connectivity index (χ4v) is 2.26. The molecular weight excluding hydrogens is 250 g/mol. The molecule has 2 aromatic rings. The number of amides is 1. The predicted molar refractivity (Wildman–Crippen MR) is 83.0 cm³/mol. The van der Waals surface area contributed by atoms with Crippen molar-refractivity contribution in [3.63, 3.8) is 0 Å². The number of rotatable bonds is 6. The number of para-hydroxylation sites is 1. The van der Waals surface area contributed by atoms with Crippen LogP contribution in [0.2, 0.25) is 0 Å². The van der Waals surface area contributed by atoms with E-state index in [1.165, 1.54) is 0 Å². The van der Waals surface area contributed by atoms with Crippen LogP contribution in [0.4, 0.5) is 0 Å². The Balaban J connectivity index is 2.13. The van der Waals surface area contributed by atoms with E-state index in [0.29, 0.717) is 5.56 Å².